The fourth-order valence-electron chi connectivity index (χ4n) is 9.82. The van der Waals surface area contributed by atoms with E-state index in [4.69, 9.17) is 37.9 Å². The molecule has 16 N–H and O–H groups in total. The van der Waals surface area contributed by atoms with Gasteiger partial charge in [-0.2, -0.15) is 18.9 Å². The van der Waals surface area contributed by atoms with E-state index in [1.54, 1.807) is 0 Å². The summed E-state index contributed by atoms with van der Waals surface area (Å²) >= 11 is 0. The van der Waals surface area contributed by atoms with Gasteiger partial charge in [0.05, 0.1) is 125 Å². The Balaban J connectivity index is 2.29. The molecule has 0 amide bonds. The van der Waals surface area contributed by atoms with Gasteiger partial charge in [0.25, 0.3) is 0 Å². The summed E-state index contributed by atoms with van der Waals surface area (Å²) in [6, 6.07) is 6.68. The number of rotatable bonds is 40. The number of hydrogen-bond acceptors (Lipinski definition) is 32. The van der Waals surface area contributed by atoms with Crippen molar-refractivity contribution in [3.8, 4) is 23.0 Å². The van der Waals surface area contributed by atoms with E-state index in [1.165, 1.54) is 27.7 Å². The summed E-state index contributed by atoms with van der Waals surface area (Å²) in [7, 11) is -21.2. The number of ether oxygens (including phenoxy) is 8. The Morgan fingerprint density at radius 1 is 0.300 bits per heavy atom. The van der Waals surface area contributed by atoms with E-state index in [1.807, 2.05) is 18.9 Å². The molecular weight excluding hydrogens is 1420 g/mol. The monoisotopic (exact) mass is 1500 g/mol. The van der Waals surface area contributed by atoms with Crippen LogP contribution in [0.3, 0.4) is 0 Å². The van der Waals surface area contributed by atoms with Crippen LogP contribution >= 0.6 is 0 Å². The van der Waals surface area contributed by atoms with Crippen molar-refractivity contribution >= 4 is 64.0 Å². The number of aliphatic hydroxyl groups excluding tert-OH is 12. The highest BCUT2D eigenvalue weighted by Gasteiger charge is 2.40. The Bertz CT molecular complexity index is 3350. The third-order valence-electron chi connectivity index (χ3n) is 15.2. The third kappa shape index (κ3) is 20.7. The number of sulfonamides is 4. The molecule has 0 saturated heterocycles. The van der Waals surface area contributed by atoms with Gasteiger partial charge in [0, 0.05) is 70.2 Å². The number of esters is 4. The van der Waals surface area contributed by atoms with Gasteiger partial charge in [0.1, 0.15) is 45.2 Å². The second-order valence-corrected chi connectivity index (χ2v) is 29.5. The molecule has 560 valence electrons. The number of hydrogen-bond donors (Lipinski definition) is 16. The van der Waals surface area contributed by atoms with Crippen LogP contribution in [-0.4, -0.2) is 273 Å². The second kappa shape index (κ2) is 36.3. The molecular formula is C60H84N4O32S4. The first-order chi connectivity index (χ1) is 47.2. The molecule has 0 atom stereocenters. The van der Waals surface area contributed by atoms with Crippen LogP contribution in [0, 0.1) is 0 Å². The minimum Gasteiger partial charge on any atom is -0.481 e. The zero-order valence-corrected chi connectivity index (χ0v) is 58.0. The average molecular weight is 1500 g/mol. The van der Waals surface area contributed by atoms with Crippen molar-refractivity contribution in [2.75, 3.05) is 132 Å². The normalized spacial score (nSPS) is 13.3. The molecule has 4 aromatic carbocycles. The van der Waals surface area contributed by atoms with Gasteiger partial charge in [-0.05, 0) is 76.2 Å². The van der Waals surface area contributed by atoms with Crippen LogP contribution in [0.5, 0.6) is 23.0 Å². The van der Waals surface area contributed by atoms with Crippen LogP contribution in [0.1, 0.15) is 72.2 Å². The highest BCUT2D eigenvalue weighted by molar-refractivity contribution is 7.90. The zero-order valence-electron chi connectivity index (χ0n) is 54.8. The van der Waals surface area contributed by atoms with Crippen molar-refractivity contribution in [2.45, 2.75) is 95.1 Å². The predicted molar refractivity (Wildman–Crippen MR) is 343 cm³/mol. The van der Waals surface area contributed by atoms with E-state index < -0.39 is 305 Å². The van der Waals surface area contributed by atoms with Crippen LogP contribution in [0.4, 0.5) is 0 Å². The lowest BCUT2D eigenvalue weighted by molar-refractivity contribution is -0.146. The lowest BCUT2D eigenvalue weighted by Crippen LogP contribution is -2.56. The first kappa shape index (κ1) is 83.8. The van der Waals surface area contributed by atoms with Crippen LogP contribution in [0.25, 0.3) is 0 Å². The quantitative estimate of drug-likeness (QED) is 0.0128. The first-order valence-electron chi connectivity index (χ1n) is 30.5. The number of nitrogens with one attached hydrogen (secondary N) is 4. The highest BCUT2D eigenvalue weighted by atomic mass is 32.2. The van der Waals surface area contributed by atoms with Crippen molar-refractivity contribution in [1.82, 2.24) is 18.9 Å². The molecule has 0 heterocycles. The van der Waals surface area contributed by atoms with Gasteiger partial charge < -0.3 is 99.2 Å². The summed E-state index contributed by atoms with van der Waals surface area (Å²) in [6.07, 6.45) is -3.88. The Hall–Kier alpha value is -6.88. The van der Waals surface area contributed by atoms with Crippen LogP contribution in [0.15, 0.2) is 68.1 Å². The molecule has 100 heavy (non-hydrogen) atoms. The summed E-state index contributed by atoms with van der Waals surface area (Å²) in [5.41, 5.74) is -13.6. The minimum absolute atomic E-state index is 0.254. The molecule has 0 aromatic heterocycles. The minimum atomic E-state index is -5.30. The van der Waals surface area contributed by atoms with Crippen LogP contribution in [0.2, 0.25) is 0 Å². The number of carbonyl (C=O) groups is 4. The maximum absolute atomic E-state index is 15.0. The van der Waals surface area contributed by atoms with Crippen LogP contribution < -0.4 is 37.8 Å². The number of benzene rings is 4. The zero-order chi connectivity index (χ0) is 74.7. The van der Waals surface area contributed by atoms with Crippen molar-refractivity contribution in [3.63, 3.8) is 0 Å². The predicted octanol–water partition coefficient (Wildman–Crippen LogP) is -5.89. The summed E-state index contributed by atoms with van der Waals surface area (Å²) in [5, 5.41) is 125. The van der Waals surface area contributed by atoms with Crippen molar-refractivity contribution in [3.05, 3.63) is 93.0 Å². The summed E-state index contributed by atoms with van der Waals surface area (Å²) in [5.74, 6) is -6.60. The smallest absolute Gasteiger partial charge is 0.344 e. The van der Waals surface area contributed by atoms with Crippen molar-refractivity contribution in [1.29, 1.82) is 0 Å². The van der Waals surface area contributed by atoms with E-state index in [9.17, 15) is 80.5 Å². The Kier molecular flexibility index (Phi) is 30.4. The van der Waals surface area contributed by atoms with Gasteiger partial charge >= 0.3 is 23.9 Å². The first-order valence-corrected chi connectivity index (χ1v) is 36.4. The SMILES string of the molecule is CCOC(=O)COc1c2cc(S(=O)(=O)NC(CO)(CO)CO)cc1Cc1cc(S(=O)(=O)NC(CO)(CO)CO)cc(c1OCC(=O)OCC)Cc1cc(S(=O)(=O)NC(CO)(CO)CO)cc(c1OCC(=O)OCC)Cc1cc(S(=O)(=O)NC(CO)(CO)CO)cc(c1OCC(=O)OCC)C2. The van der Waals surface area contributed by atoms with E-state index in [0.29, 0.717) is 0 Å². The maximum Gasteiger partial charge on any atom is 0.344 e. The van der Waals surface area contributed by atoms with Crippen LogP contribution in [-0.2, 0) is 104 Å². The van der Waals surface area contributed by atoms with Gasteiger partial charge in [-0.3, -0.25) is 0 Å². The molecule has 0 aliphatic heterocycles. The molecule has 0 spiro atoms. The molecule has 0 radical (unpaired) electrons. The molecule has 4 aromatic rings. The second-order valence-electron chi connectivity index (χ2n) is 22.8. The van der Waals surface area contributed by atoms with Crippen molar-refractivity contribution in [2.24, 2.45) is 0 Å². The van der Waals surface area contributed by atoms with Gasteiger partial charge in [-0.25, -0.2) is 52.8 Å². The fourth-order valence-corrected chi connectivity index (χ4v) is 15.7. The molecule has 0 saturated carbocycles. The fraction of sp³-hybridized carbons (Fsp3) is 0.533. The maximum atomic E-state index is 15.0. The summed E-state index contributed by atoms with van der Waals surface area (Å²) < 4.78 is 174. The van der Waals surface area contributed by atoms with Gasteiger partial charge in [0.15, 0.2) is 26.4 Å². The van der Waals surface area contributed by atoms with E-state index in [-0.39, 0.29) is 26.4 Å². The largest absolute Gasteiger partial charge is 0.481 e. The van der Waals surface area contributed by atoms with E-state index >= 15 is 33.7 Å². The number of carbonyl (C=O) groups excluding carboxylic acids is 4. The Morgan fingerprint density at radius 3 is 0.560 bits per heavy atom. The number of fused-ring (bicyclic) bond motifs is 8. The average Bonchev–Trinajstić information content (AvgIpc) is 0.765. The molecule has 0 unspecified atom stereocenters. The molecule has 8 bridgehead atoms. The topological polar surface area (TPSA) is 570 Å². The molecule has 1 aliphatic carbocycles. The Morgan fingerprint density at radius 2 is 0.440 bits per heavy atom. The standard InChI is InChI=1S/C60H84N4O32S4/c1-5-89-49(77)21-93-53-37-9-39-15-46(98(83,84)62-58(28-68,29-69)30-70)17-41(54(39)94-22-50(78)90-6-2)11-43-19-48(100(87,88)64-60(34-74,35-75)36-76)20-44(56(43)96-24-52(80)92-8-4)12-42-18-47(99(85,86)63-59(31-71,32-72)33-73)16-40(55(42)95-23-51(79)91-7-3)10-38(53)14-45(13-37)97(81,82)61-57(25-65,26-66)27-67/h13-20,61-76H,5-12,21-36H2,1-4H3. The van der Waals surface area contributed by atoms with Crippen molar-refractivity contribution < 1.29 is 152 Å². The lowest BCUT2D eigenvalue weighted by atomic mass is 9.91. The molecule has 5 rings (SSSR count). The van der Waals surface area contributed by atoms with Gasteiger partial charge in [0.2, 0.25) is 40.1 Å². The Labute approximate surface area is 575 Å². The lowest BCUT2D eigenvalue weighted by Gasteiger charge is -2.30. The molecule has 36 nitrogen and oxygen atoms in total. The summed E-state index contributed by atoms with van der Waals surface area (Å²) in [6.45, 7) is -14.7. The van der Waals surface area contributed by atoms with E-state index in [2.05, 4.69) is 0 Å². The van der Waals surface area contributed by atoms with Gasteiger partial charge in [-0.1, -0.05) is 0 Å². The molecule has 1 aliphatic rings. The third-order valence-corrected chi connectivity index (χ3v) is 21.5. The van der Waals surface area contributed by atoms with E-state index in [0.717, 1.165) is 48.5 Å². The highest BCUT2D eigenvalue weighted by Crippen LogP contribution is 2.43. The summed E-state index contributed by atoms with van der Waals surface area (Å²) in [4.78, 5) is 50.2. The number of aliphatic hydroxyl groups is 12. The molecule has 40 heteroatoms. The molecule has 0 fully saturated rings. The van der Waals surface area contributed by atoms with Gasteiger partial charge in [-0.15, -0.1) is 0 Å².